The number of methoxy groups -OCH3 is 1. The second-order valence-electron chi connectivity index (χ2n) is 7.23. The number of aromatic nitrogens is 2. The Bertz CT molecular complexity index is 955. The number of likely N-dealkylation sites (tertiary alicyclic amines) is 1. The third-order valence-electron chi connectivity index (χ3n) is 5.50. The number of aryl methyl sites for hydroxylation is 1. The average molecular weight is 363 g/mol. The fourth-order valence-electron chi connectivity index (χ4n) is 3.94. The molecule has 0 saturated carbocycles. The molecule has 0 spiro atoms. The van der Waals surface area contributed by atoms with Gasteiger partial charge in [-0.25, -0.2) is 4.98 Å². The van der Waals surface area contributed by atoms with Gasteiger partial charge in [0.1, 0.15) is 11.6 Å². The molecule has 0 atom stereocenters. The normalized spacial score (nSPS) is 15.3. The largest absolute Gasteiger partial charge is 0.497 e. The number of imidazole rings is 1. The van der Waals surface area contributed by atoms with E-state index in [1.54, 1.807) is 7.11 Å². The first kappa shape index (κ1) is 17.6. The molecule has 0 N–H and O–H groups in total. The van der Waals surface area contributed by atoms with Crippen molar-refractivity contribution in [3.63, 3.8) is 0 Å². The fourth-order valence-corrected chi connectivity index (χ4v) is 3.94. The second-order valence-corrected chi connectivity index (χ2v) is 7.23. The van der Waals surface area contributed by atoms with Gasteiger partial charge in [-0.15, -0.1) is 0 Å². The topological polar surface area (TPSA) is 47.4 Å². The number of carbonyl (C=O) groups excluding carboxylic acids is 1. The van der Waals surface area contributed by atoms with Crippen LogP contribution in [0.3, 0.4) is 0 Å². The van der Waals surface area contributed by atoms with Crippen molar-refractivity contribution < 1.29 is 9.53 Å². The lowest BCUT2D eigenvalue weighted by Crippen LogP contribution is -2.39. The Morgan fingerprint density at radius 2 is 1.93 bits per heavy atom. The molecule has 2 heterocycles. The van der Waals surface area contributed by atoms with Crippen molar-refractivity contribution in [2.75, 3.05) is 20.2 Å². The van der Waals surface area contributed by atoms with Crippen molar-refractivity contribution in [1.29, 1.82) is 0 Å². The van der Waals surface area contributed by atoms with Crippen LogP contribution >= 0.6 is 0 Å². The first-order chi connectivity index (χ1) is 13.2. The molecule has 0 bridgehead atoms. The van der Waals surface area contributed by atoms with Crippen LogP contribution in [0, 0.1) is 12.8 Å². The number of rotatable bonds is 4. The van der Waals surface area contributed by atoms with E-state index in [0.717, 1.165) is 49.6 Å². The Morgan fingerprint density at radius 1 is 1.15 bits per heavy atom. The molecule has 140 valence electrons. The summed E-state index contributed by atoms with van der Waals surface area (Å²) in [6.07, 6.45) is 2.03. The number of ether oxygens (including phenoxy) is 1. The number of benzene rings is 2. The quantitative estimate of drug-likeness (QED) is 0.706. The Morgan fingerprint density at radius 3 is 2.70 bits per heavy atom. The maximum atomic E-state index is 12.8. The molecule has 27 heavy (non-hydrogen) atoms. The van der Waals surface area contributed by atoms with E-state index < -0.39 is 0 Å². The van der Waals surface area contributed by atoms with Gasteiger partial charge in [-0.3, -0.25) is 4.79 Å². The predicted octanol–water partition coefficient (Wildman–Crippen LogP) is 3.91. The van der Waals surface area contributed by atoms with Gasteiger partial charge in [0.15, 0.2) is 0 Å². The van der Waals surface area contributed by atoms with Crippen molar-refractivity contribution >= 4 is 16.9 Å². The van der Waals surface area contributed by atoms with Gasteiger partial charge in [0.05, 0.1) is 18.1 Å². The van der Waals surface area contributed by atoms with Gasteiger partial charge in [0.2, 0.25) is 0 Å². The Kier molecular flexibility index (Phi) is 4.84. The Labute approximate surface area is 159 Å². The minimum atomic E-state index is 0.0941. The van der Waals surface area contributed by atoms with Crippen molar-refractivity contribution in [3.05, 3.63) is 59.9 Å². The summed E-state index contributed by atoms with van der Waals surface area (Å²) in [4.78, 5) is 19.4. The molecule has 0 unspecified atom stereocenters. The molecule has 4 rings (SSSR count). The smallest absolute Gasteiger partial charge is 0.253 e. The highest BCUT2D eigenvalue weighted by atomic mass is 16.5. The summed E-state index contributed by atoms with van der Waals surface area (Å²) < 4.78 is 7.55. The van der Waals surface area contributed by atoms with E-state index in [-0.39, 0.29) is 5.91 Å². The molecule has 1 aromatic heterocycles. The number of hydrogen-bond donors (Lipinski definition) is 0. The molecule has 1 amide bonds. The van der Waals surface area contributed by atoms with Gasteiger partial charge in [0.25, 0.3) is 5.91 Å². The molecule has 5 heteroatoms. The molecular formula is C22H25N3O2. The van der Waals surface area contributed by atoms with Crippen molar-refractivity contribution in [1.82, 2.24) is 14.5 Å². The molecule has 1 aliphatic heterocycles. The van der Waals surface area contributed by atoms with Crippen LogP contribution in [-0.2, 0) is 6.54 Å². The lowest BCUT2D eigenvalue weighted by Gasteiger charge is -2.32. The van der Waals surface area contributed by atoms with Crippen LogP contribution in [0.4, 0.5) is 0 Å². The van der Waals surface area contributed by atoms with Crippen LogP contribution in [0.25, 0.3) is 11.0 Å². The van der Waals surface area contributed by atoms with Gasteiger partial charge < -0.3 is 14.2 Å². The molecule has 2 aromatic carbocycles. The molecule has 3 aromatic rings. The zero-order chi connectivity index (χ0) is 18.8. The summed E-state index contributed by atoms with van der Waals surface area (Å²) >= 11 is 0. The summed E-state index contributed by atoms with van der Waals surface area (Å²) in [7, 11) is 1.62. The zero-order valence-electron chi connectivity index (χ0n) is 15.9. The first-order valence-corrected chi connectivity index (χ1v) is 9.51. The number of amides is 1. The number of carbonyl (C=O) groups is 1. The van der Waals surface area contributed by atoms with Crippen molar-refractivity contribution in [2.24, 2.45) is 5.92 Å². The number of nitrogens with zero attached hydrogens (tertiary/aromatic N) is 3. The third-order valence-corrected chi connectivity index (χ3v) is 5.50. The lowest BCUT2D eigenvalue weighted by molar-refractivity contribution is 0.0682. The summed E-state index contributed by atoms with van der Waals surface area (Å²) in [6, 6.07) is 15.7. The van der Waals surface area contributed by atoms with Crippen molar-refractivity contribution in [3.8, 4) is 5.75 Å². The number of hydrogen-bond acceptors (Lipinski definition) is 3. The van der Waals surface area contributed by atoms with Crippen molar-refractivity contribution in [2.45, 2.75) is 26.3 Å². The number of piperidine rings is 1. The molecule has 0 radical (unpaired) electrons. The van der Waals surface area contributed by atoms with E-state index in [0.29, 0.717) is 11.5 Å². The highest BCUT2D eigenvalue weighted by molar-refractivity contribution is 5.94. The molecular weight excluding hydrogens is 338 g/mol. The minimum absolute atomic E-state index is 0.0941. The highest BCUT2D eigenvalue weighted by Gasteiger charge is 2.25. The number of fused-ring (bicyclic) bond motifs is 1. The van der Waals surface area contributed by atoms with Crippen LogP contribution in [0.15, 0.2) is 48.5 Å². The van der Waals surface area contributed by atoms with Crippen LogP contribution in [0.1, 0.15) is 29.0 Å². The molecule has 5 nitrogen and oxygen atoms in total. The van der Waals surface area contributed by atoms with E-state index in [9.17, 15) is 4.79 Å². The maximum absolute atomic E-state index is 12.8. The molecule has 0 aliphatic carbocycles. The van der Waals surface area contributed by atoms with Gasteiger partial charge in [0, 0.05) is 25.2 Å². The Hall–Kier alpha value is -2.82. The van der Waals surface area contributed by atoms with E-state index in [1.165, 1.54) is 5.52 Å². The SMILES string of the molecule is COc1cccc(C(=O)N2CCC(Cn3c(C)nc4ccccc43)CC2)c1. The minimum Gasteiger partial charge on any atom is -0.497 e. The molecule has 1 saturated heterocycles. The van der Waals surface area contributed by atoms with Crippen LogP contribution < -0.4 is 4.74 Å². The second kappa shape index (κ2) is 7.43. The molecule has 1 aliphatic rings. The summed E-state index contributed by atoms with van der Waals surface area (Å²) in [5.74, 6) is 2.44. The van der Waals surface area contributed by atoms with Crippen LogP contribution in [-0.4, -0.2) is 40.6 Å². The predicted molar refractivity (Wildman–Crippen MR) is 106 cm³/mol. The number of para-hydroxylation sites is 2. The van der Waals surface area contributed by atoms with Gasteiger partial charge >= 0.3 is 0 Å². The third kappa shape index (κ3) is 3.54. The van der Waals surface area contributed by atoms with E-state index in [1.807, 2.05) is 35.2 Å². The van der Waals surface area contributed by atoms with Crippen LogP contribution in [0.5, 0.6) is 5.75 Å². The van der Waals surface area contributed by atoms with Crippen LogP contribution in [0.2, 0.25) is 0 Å². The molecule has 1 fully saturated rings. The first-order valence-electron chi connectivity index (χ1n) is 9.51. The monoisotopic (exact) mass is 363 g/mol. The highest BCUT2D eigenvalue weighted by Crippen LogP contribution is 2.25. The standard InChI is InChI=1S/C22H25N3O2/c1-16-23-20-8-3-4-9-21(20)25(16)15-17-10-12-24(13-11-17)22(26)18-6-5-7-19(14-18)27-2/h3-9,14,17H,10-13,15H2,1-2H3. The van der Waals surface area contributed by atoms with E-state index in [4.69, 9.17) is 4.74 Å². The Balaban J connectivity index is 1.41. The summed E-state index contributed by atoms with van der Waals surface area (Å²) in [5, 5.41) is 0. The zero-order valence-corrected chi connectivity index (χ0v) is 15.9. The van der Waals surface area contributed by atoms with E-state index >= 15 is 0 Å². The lowest BCUT2D eigenvalue weighted by atomic mass is 9.96. The maximum Gasteiger partial charge on any atom is 0.253 e. The summed E-state index contributed by atoms with van der Waals surface area (Å²) in [6.45, 7) is 4.63. The van der Waals surface area contributed by atoms with Gasteiger partial charge in [-0.1, -0.05) is 18.2 Å². The van der Waals surface area contributed by atoms with Gasteiger partial charge in [-0.2, -0.15) is 0 Å². The fraction of sp³-hybridized carbons (Fsp3) is 0.364. The van der Waals surface area contributed by atoms with Gasteiger partial charge in [-0.05, 0) is 56.0 Å². The average Bonchev–Trinajstić information content (AvgIpc) is 3.03. The summed E-state index contributed by atoms with van der Waals surface area (Å²) in [5.41, 5.74) is 2.95. The van der Waals surface area contributed by atoms with E-state index in [2.05, 4.69) is 34.7 Å².